The summed E-state index contributed by atoms with van der Waals surface area (Å²) in [6, 6.07) is 4.68. The van der Waals surface area contributed by atoms with Crippen LogP contribution in [-0.4, -0.2) is 9.97 Å². The average Bonchev–Trinajstić information content (AvgIpc) is 3.12. The SMILES string of the molecule is CCCCCCCC1CCC(Cc2cc(Oc3cnc(CCCC)c(CC4CCC(CCCCCCC)CC4)c3)cnc2CCCC)CC1. The molecule has 2 fully saturated rings. The van der Waals surface area contributed by atoms with Gasteiger partial charge in [-0.2, -0.15) is 0 Å². The maximum atomic E-state index is 6.61. The van der Waals surface area contributed by atoms with Crippen molar-refractivity contribution in [1.29, 1.82) is 0 Å². The summed E-state index contributed by atoms with van der Waals surface area (Å²) in [5, 5.41) is 0. The van der Waals surface area contributed by atoms with E-state index in [4.69, 9.17) is 14.7 Å². The lowest BCUT2D eigenvalue weighted by Gasteiger charge is -2.29. The molecule has 0 saturated heterocycles. The fraction of sp³-hybridized carbons (Fsp3) is 0.783. The van der Waals surface area contributed by atoms with Crippen LogP contribution in [0.5, 0.6) is 11.5 Å². The number of unbranched alkanes of at least 4 members (excludes halogenated alkanes) is 10. The van der Waals surface area contributed by atoms with Gasteiger partial charge in [-0.25, -0.2) is 0 Å². The van der Waals surface area contributed by atoms with Crippen LogP contribution in [0.1, 0.15) is 204 Å². The molecule has 2 aromatic heterocycles. The highest BCUT2D eigenvalue weighted by atomic mass is 16.5. The van der Waals surface area contributed by atoms with Crippen LogP contribution in [0.15, 0.2) is 24.5 Å². The van der Waals surface area contributed by atoms with Gasteiger partial charge in [0.15, 0.2) is 0 Å². The Hall–Kier alpha value is -1.90. The summed E-state index contributed by atoms with van der Waals surface area (Å²) < 4.78 is 6.61. The number of hydrogen-bond donors (Lipinski definition) is 0. The Labute approximate surface area is 303 Å². The third kappa shape index (κ3) is 14.7. The smallest absolute Gasteiger partial charge is 0.146 e. The van der Waals surface area contributed by atoms with Crippen molar-refractivity contribution < 1.29 is 4.74 Å². The van der Waals surface area contributed by atoms with Crippen molar-refractivity contribution >= 4 is 0 Å². The van der Waals surface area contributed by atoms with Gasteiger partial charge in [-0.1, -0.05) is 143 Å². The number of nitrogens with zero attached hydrogens (tertiary/aromatic N) is 2. The van der Waals surface area contributed by atoms with E-state index in [9.17, 15) is 0 Å². The molecule has 0 spiro atoms. The van der Waals surface area contributed by atoms with E-state index in [1.807, 2.05) is 12.4 Å². The Morgan fingerprint density at radius 1 is 0.469 bits per heavy atom. The van der Waals surface area contributed by atoms with Crippen LogP contribution in [-0.2, 0) is 25.7 Å². The highest BCUT2D eigenvalue weighted by molar-refractivity contribution is 5.36. The Morgan fingerprint density at radius 3 is 1.22 bits per heavy atom. The van der Waals surface area contributed by atoms with Gasteiger partial charge < -0.3 is 4.74 Å². The minimum Gasteiger partial charge on any atom is -0.454 e. The molecule has 3 nitrogen and oxygen atoms in total. The van der Waals surface area contributed by atoms with Crippen molar-refractivity contribution in [3.8, 4) is 11.5 Å². The average molecular weight is 673 g/mol. The number of hydrogen-bond acceptors (Lipinski definition) is 3. The predicted molar refractivity (Wildman–Crippen MR) is 211 cm³/mol. The molecule has 49 heavy (non-hydrogen) atoms. The van der Waals surface area contributed by atoms with Crippen LogP contribution in [0.3, 0.4) is 0 Å². The van der Waals surface area contributed by atoms with Crippen LogP contribution in [0.2, 0.25) is 0 Å². The summed E-state index contributed by atoms with van der Waals surface area (Å²) in [6.45, 7) is 9.20. The van der Waals surface area contributed by atoms with Gasteiger partial charge in [0.05, 0.1) is 12.4 Å². The van der Waals surface area contributed by atoms with Crippen LogP contribution in [0.4, 0.5) is 0 Å². The standard InChI is InChI=1S/C46H76N2O/c1-5-9-13-15-17-19-37-23-27-39(28-24-37)31-41-33-43(35-47-45(41)21-11-7-3)49-44-34-42(46(48-36-44)22-12-8-4)32-40-29-25-38(26-30-40)20-18-16-14-10-6-2/h33-40H,5-32H2,1-4H3. The van der Waals surface area contributed by atoms with E-state index in [-0.39, 0.29) is 0 Å². The maximum absolute atomic E-state index is 6.61. The molecule has 0 unspecified atom stereocenters. The second-order valence-corrected chi connectivity index (χ2v) is 16.5. The topological polar surface area (TPSA) is 35.0 Å². The Morgan fingerprint density at radius 2 is 0.837 bits per heavy atom. The summed E-state index contributed by atoms with van der Waals surface area (Å²) in [5.41, 5.74) is 5.47. The van der Waals surface area contributed by atoms with E-state index in [2.05, 4.69) is 39.8 Å². The van der Waals surface area contributed by atoms with Gasteiger partial charge in [-0.05, 0) is 111 Å². The van der Waals surface area contributed by atoms with E-state index >= 15 is 0 Å². The Balaban J connectivity index is 1.35. The first kappa shape index (κ1) is 39.9. The molecule has 2 heterocycles. The van der Waals surface area contributed by atoms with E-state index in [1.54, 1.807) is 0 Å². The van der Waals surface area contributed by atoms with E-state index < -0.39 is 0 Å². The molecular formula is C46H76N2O. The molecule has 0 radical (unpaired) electrons. The molecule has 0 aliphatic heterocycles. The second kappa shape index (κ2) is 23.6. The number of pyridine rings is 2. The van der Waals surface area contributed by atoms with Crippen LogP contribution in [0, 0.1) is 23.7 Å². The zero-order valence-electron chi connectivity index (χ0n) is 32.7. The quantitative estimate of drug-likeness (QED) is 0.104. The normalized spacial score (nSPS) is 21.2. The monoisotopic (exact) mass is 673 g/mol. The fourth-order valence-electron chi connectivity index (χ4n) is 8.92. The summed E-state index contributed by atoms with van der Waals surface area (Å²) in [6.07, 6.45) is 41.5. The molecule has 2 saturated carbocycles. The number of rotatable bonds is 24. The second-order valence-electron chi connectivity index (χ2n) is 16.5. The lowest BCUT2D eigenvalue weighted by atomic mass is 9.77. The van der Waals surface area contributed by atoms with Crippen molar-refractivity contribution in [3.63, 3.8) is 0 Å². The largest absolute Gasteiger partial charge is 0.454 e. The predicted octanol–water partition coefficient (Wildman–Crippen LogP) is 14.4. The van der Waals surface area contributed by atoms with Gasteiger partial charge >= 0.3 is 0 Å². The molecule has 0 N–H and O–H groups in total. The minimum absolute atomic E-state index is 0.788. The molecule has 0 amide bonds. The zero-order valence-corrected chi connectivity index (χ0v) is 32.7. The number of aryl methyl sites for hydroxylation is 2. The first-order chi connectivity index (χ1) is 24.1. The molecule has 276 valence electrons. The number of aromatic nitrogens is 2. The molecule has 2 aliphatic carbocycles. The molecule has 2 aliphatic rings. The van der Waals surface area contributed by atoms with Crippen molar-refractivity contribution in [1.82, 2.24) is 9.97 Å². The van der Waals surface area contributed by atoms with Gasteiger partial charge in [-0.3, -0.25) is 9.97 Å². The van der Waals surface area contributed by atoms with Gasteiger partial charge in [0.1, 0.15) is 11.5 Å². The molecule has 0 atom stereocenters. The fourth-order valence-corrected chi connectivity index (χ4v) is 8.92. The van der Waals surface area contributed by atoms with Crippen molar-refractivity contribution in [3.05, 3.63) is 47.0 Å². The van der Waals surface area contributed by atoms with Gasteiger partial charge in [-0.15, -0.1) is 0 Å². The van der Waals surface area contributed by atoms with Crippen molar-refractivity contribution in [2.75, 3.05) is 0 Å². The molecule has 3 heteroatoms. The summed E-state index contributed by atoms with van der Waals surface area (Å²) >= 11 is 0. The number of ether oxygens (including phenoxy) is 1. The summed E-state index contributed by atoms with van der Waals surface area (Å²) in [5.74, 6) is 5.28. The third-order valence-corrected chi connectivity index (χ3v) is 12.2. The molecule has 0 aromatic carbocycles. The van der Waals surface area contributed by atoms with Gasteiger partial charge in [0.25, 0.3) is 0 Å². The van der Waals surface area contributed by atoms with Crippen LogP contribution in [0.25, 0.3) is 0 Å². The first-order valence-corrected chi connectivity index (χ1v) is 21.7. The minimum atomic E-state index is 0.788. The van der Waals surface area contributed by atoms with E-state index in [0.29, 0.717) is 0 Å². The Bertz CT molecular complexity index is 1050. The molecular weight excluding hydrogens is 597 g/mol. The Kier molecular flexibility index (Phi) is 19.2. The lowest BCUT2D eigenvalue weighted by molar-refractivity contribution is 0.256. The first-order valence-electron chi connectivity index (χ1n) is 21.7. The summed E-state index contributed by atoms with van der Waals surface area (Å²) in [4.78, 5) is 10.1. The lowest BCUT2D eigenvalue weighted by Crippen LogP contribution is -2.17. The van der Waals surface area contributed by atoms with E-state index in [0.717, 1.165) is 60.9 Å². The van der Waals surface area contributed by atoms with Gasteiger partial charge in [0, 0.05) is 11.4 Å². The molecule has 0 bridgehead atoms. The van der Waals surface area contributed by atoms with E-state index in [1.165, 1.54) is 177 Å². The highest BCUT2D eigenvalue weighted by Crippen LogP contribution is 2.37. The zero-order chi connectivity index (χ0) is 34.5. The molecule has 4 rings (SSSR count). The van der Waals surface area contributed by atoms with Crippen molar-refractivity contribution in [2.45, 2.75) is 207 Å². The molecule has 2 aromatic rings. The van der Waals surface area contributed by atoms with Gasteiger partial charge in [0.2, 0.25) is 0 Å². The third-order valence-electron chi connectivity index (χ3n) is 12.2. The van der Waals surface area contributed by atoms with Crippen LogP contribution >= 0.6 is 0 Å². The van der Waals surface area contributed by atoms with Crippen molar-refractivity contribution in [2.24, 2.45) is 23.7 Å². The van der Waals surface area contributed by atoms with Crippen LogP contribution < -0.4 is 4.74 Å². The highest BCUT2D eigenvalue weighted by Gasteiger charge is 2.24. The maximum Gasteiger partial charge on any atom is 0.146 e. The summed E-state index contributed by atoms with van der Waals surface area (Å²) in [7, 11) is 0.